The van der Waals surface area contributed by atoms with E-state index in [9.17, 15) is 0 Å². The summed E-state index contributed by atoms with van der Waals surface area (Å²) in [5.41, 5.74) is 1.80. The van der Waals surface area contributed by atoms with Gasteiger partial charge in [-0.15, -0.1) is 0 Å². The molecule has 1 aromatic heterocycles. The van der Waals surface area contributed by atoms with Crippen molar-refractivity contribution >= 4 is 0 Å². The van der Waals surface area contributed by atoms with Crippen LogP contribution in [0.25, 0.3) is 0 Å². The van der Waals surface area contributed by atoms with E-state index in [0.29, 0.717) is 11.5 Å². The van der Waals surface area contributed by atoms with Gasteiger partial charge < -0.3 is 5.32 Å². The van der Waals surface area contributed by atoms with Gasteiger partial charge in [0.05, 0.1) is 11.7 Å². The van der Waals surface area contributed by atoms with Gasteiger partial charge in [0.25, 0.3) is 0 Å². The molecule has 1 N–H and O–H groups in total. The third kappa shape index (κ3) is 2.46. The molecular weight excluding hydrogens is 222 g/mol. The van der Waals surface area contributed by atoms with Crippen molar-refractivity contribution in [2.45, 2.75) is 59.5 Å². The second-order valence-corrected chi connectivity index (χ2v) is 6.09. The number of aromatic nitrogens is 2. The van der Waals surface area contributed by atoms with Crippen LogP contribution < -0.4 is 5.32 Å². The number of nitrogens with zero attached hydrogens (tertiary/aromatic N) is 2. The third-order valence-corrected chi connectivity index (χ3v) is 4.53. The molecule has 1 aromatic rings. The molecule has 2 rings (SSSR count). The first kappa shape index (κ1) is 13.6. The van der Waals surface area contributed by atoms with Gasteiger partial charge in [-0.3, -0.25) is 4.68 Å². The van der Waals surface area contributed by atoms with Crippen LogP contribution in [-0.2, 0) is 6.54 Å². The van der Waals surface area contributed by atoms with Crippen molar-refractivity contribution < 1.29 is 0 Å². The fourth-order valence-electron chi connectivity index (χ4n) is 3.52. The molecule has 1 aliphatic rings. The lowest BCUT2D eigenvalue weighted by molar-refractivity contribution is 0.192. The maximum atomic E-state index is 4.43. The molecule has 18 heavy (non-hydrogen) atoms. The van der Waals surface area contributed by atoms with Crippen molar-refractivity contribution in [2.24, 2.45) is 11.3 Å². The minimum atomic E-state index is 0.440. The lowest BCUT2D eigenvalue weighted by atomic mass is 9.76. The monoisotopic (exact) mass is 249 g/mol. The zero-order chi connectivity index (χ0) is 13.2. The highest BCUT2D eigenvalue weighted by Crippen LogP contribution is 2.48. The normalized spacial score (nSPS) is 24.3. The lowest BCUT2D eigenvalue weighted by Crippen LogP contribution is -2.35. The van der Waals surface area contributed by atoms with E-state index in [1.54, 1.807) is 0 Å². The van der Waals surface area contributed by atoms with Crippen LogP contribution in [0.4, 0.5) is 0 Å². The lowest BCUT2D eigenvalue weighted by Gasteiger charge is -2.35. The molecule has 102 valence electrons. The molecule has 0 aromatic carbocycles. The van der Waals surface area contributed by atoms with Gasteiger partial charge in [0.15, 0.2) is 0 Å². The average molecular weight is 249 g/mol. The van der Waals surface area contributed by atoms with Gasteiger partial charge >= 0.3 is 0 Å². The smallest absolute Gasteiger partial charge is 0.0556 e. The molecule has 1 saturated carbocycles. The number of hydrogen-bond donors (Lipinski definition) is 1. The fourth-order valence-corrected chi connectivity index (χ4v) is 3.52. The highest BCUT2D eigenvalue weighted by molar-refractivity contribution is 5.11. The minimum absolute atomic E-state index is 0.440. The summed E-state index contributed by atoms with van der Waals surface area (Å²) in [7, 11) is 0. The summed E-state index contributed by atoms with van der Waals surface area (Å²) in [6, 6.07) is 2.64. The minimum Gasteiger partial charge on any atom is -0.309 e. The van der Waals surface area contributed by atoms with Gasteiger partial charge in [-0.1, -0.05) is 27.2 Å². The maximum absolute atomic E-state index is 4.43. The number of rotatable bonds is 5. The Kier molecular flexibility index (Phi) is 4.10. The summed E-state index contributed by atoms with van der Waals surface area (Å²) in [6.45, 7) is 11.2. The van der Waals surface area contributed by atoms with E-state index in [-0.39, 0.29) is 0 Å². The zero-order valence-corrected chi connectivity index (χ0v) is 12.2. The van der Waals surface area contributed by atoms with Crippen LogP contribution in [0.15, 0.2) is 12.3 Å². The first-order valence-corrected chi connectivity index (χ1v) is 7.35. The zero-order valence-electron chi connectivity index (χ0n) is 12.2. The molecule has 1 aliphatic carbocycles. The van der Waals surface area contributed by atoms with E-state index >= 15 is 0 Å². The van der Waals surface area contributed by atoms with Gasteiger partial charge in [-0.25, -0.2) is 0 Å². The van der Waals surface area contributed by atoms with Crippen molar-refractivity contribution in [1.29, 1.82) is 0 Å². The Hall–Kier alpha value is -0.830. The van der Waals surface area contributed by atoms with E-state index in [1.165, 1.54) is 25.0 Å². The van der Waals surface area contributed by atoms with E-state index in [2.05, 4.69) is 48.9 Å². The molecule has 0 saturated heterocycles. The second-order valence-electron chi connectivity index (χ2n) is 6.09. The molecule has 2 atom stereocenters. The van der Waals surface area contributed by atoms with Crippen LogP contribution >= 0.6 is 0 Å². The summed E-state index contributed by atoms with van der Waals surface area (Å²) in [5, 5.41) is 8.13. The van der Waals surface area contributed by atoms with Crippen molar-refractivity contribution in [1.82, 2.24) is 15.1 Å². The van der Waals surface area contributed by atoms with Gasteiger partial charge in [0.2, 0.25) is 0 Å². The molecule has 3 nitrogen and oxygen atoms in total. The topological polar surface area (TPSA) is 29.9 Å². The van der Waals surface area contributed by atoms with Crippen molar-refractivity contribution in [3.05, 3.63) is 18.0 Å². The van der Waals surface area contributed by atoms with Gasteiger partial charge in [-0.05, 0) is 43.7 Å². The molecule has 0 radical (unpaired) electrons. The van der Waals surface area contributed by atoms with Crippen LogP contribution in [0.5, 0.6) is 0 Å². The van der Waals surface area contributed by atoms with Gasteiger partial charge in [0.1, 0.15) is 0 Å². The van der Waals surface area contributed by atoms with E-state index < -0.39 is 0 Å². The Morgan fingerprint density at radius 3 is 2.83 bits per heavy atom. The molecular formula is C15H27N3. The summed E-state index contributed by atoms with van der Waals surface area (Å²) < 4.78 is 2.14. The fraction of sp³-hybridized carbons (Fsp3) is 0.800. The van der Waals surface area contributed by atoms with Crippen LogP contribution in [0, 0.1) is 11.3 Å². The van der Waals surface area contributed by atoms with Crippen molar-refractivity contribution in [3.8, 4) is 0 Å². The predicted octanol–water partition coefficient (Wildman–Crippen LogP) is 3.38. The Morgan fingerprint density at radius 2 is 2.28 bits per heavy atom. The number of hydrogen-bond acceptors (Lipinski definition) is 2. The molecule has 0 amide bonds. The highest BCUT2D eigenvalue weighted by atomic mass is 15.3. The van der Waals surface area contributed by atoms with E-state index in [4.69, 9.17) is 0 Å². The first-order valence-electron chi connectivity index (χ1n) is 7.35. The standard InChI is InChI=1S/C15H27N3/c1-5-16-14(12-8-7-10-15(12,3)4)13-9-11-17-18(13)6-2/h9,11-12,14,16H,5-8,10H2,1-4H3. The first-order chi connectivity index (χ1) is 8.60. The van der Waals surface area contributed by atoms with Gasteiger partial charge in [-0.2, -0.15) is 5.10 Å². The second kappa shape index (κ2) is 5.43. The molecule has 3 heteroatoms. The van der Waals surface area contributed by atoms with E-state index in [0.717, 1.165) is 19.0 Å². The van der Waals surface area contributed by atoms with E-state index in [1.807, 2.05) is 6.20 Å². The van der Waals surface area contributed by atoms with Crippen molar-refractivity contribution in [2.75, 3.05) is 6.54 Å². The number of nitrogens with one attached hydrogen (secondary N) is 1. The summed E-state index contributed by atoms with van der Waals surface area (Å²) in [4.78, 5) is 0. The third-order valence-electron chi connectivity index (χ3n) is 4.53. The summed E-state index contributed by atoms with van der Waals surface area (Å²) in [5.74, 6) is 0.722. The summed E-state index contributed by atoms with van der Waals surface area (Å²) in [6.07, 6.45) is 5.98. The number of aryl methyl sites for hydroxylation is 1. The average Bonchev–Trinajstić information content (AvgIpc) is 2.92. The summed E-state index contributed by atoms with van der Waals surface area (Å²) >= 11 is 0. The molecule has 1 fully saturated rings. The van der Waals surface area contributed by atoms with Gasteiger partial charge in [0, 0.05) is 12.7 Å². The van der Waals surface area contributed by atoms with Crippen LogP contribution in [0.1, 0.15) is 58.7 Å². The highest BCUT2D eigenvalue weighted by Gasteiger charge is 2.40. The molecule has 0 bridgehead atoms. The van der Waals surface area contributed by atoms with Crippen molar-refractivity contribution in [3.63, 3.8) is 0 Å². The molecule has 0 aliphatic heterocycles. The Morgan fingerprint density at radius 1 is 1.50 bits per heavy atom. The Bertz CT molecular complexity index is 381. The SMILES string of the molecule is CCNC(c1ccnn1CC)C1CCCC1(C)C. The largest absolute Gasteiger partial charge is 0.309 e. The Balaban J connectivity index is 2.28. The molecule has 2 unspecified atom stereocenters. The predicted molar refractivity (Wildman–Crippen MR) is 75.4 cm³/mol. The maximum Gasteiger partial charge on any atom is 0.0556 e. The van der Waals surface area contributed by atoms with Crippen LogP contribution in [0.2, 0.25) is 0 Å². The van der Waals surface area contributed by atoms with Crippen LogP contribution in [-0.4, -0.2) is 16.3 Å². The molecule has 0 spiro atoms. The molecule has 1 heterocycles. The Labute approximate surface area is 111 Å². The van der Waals surface area contributed by atoms with Crippen LogP contribution in [0.3, 0.4) is 0 Å². The quantitative estimate of drug-likeness (QED) is 0.867.